The molecule has 7 nitrogen and oxygen atoms in total. The van der Waals surface area contributed by atoms with Crippen molar-refractivity contribution in [2.24, 2.45) is 0 Å². The summed E-state index contributed by atoms with van der Waals surface area (Å²) >= 11 is 0. The summed E-state index contributed by atoms with van der Waals surface area (Å²) in [7, 11) is -2.12. The maximum atomic E-state index is 11.9. The minimum atomic E-state index is -3.62. The quantitative estimate of drug-likeness (QED) is 0.553. The Morgan fingerprint density at radius 3 is 2.45 bits per heavy atom. The second-order valence-corrected chi connectivity index (χ2v) is 5.60. The van der Waals surface area contributed by atoms with Crippen LogP contribution in [0.1, 0.15) is 10.4 Å². The predicted octanol–water partition coefficient (Wildman–Crippen LogP) is -0.667. The molecule has 0 aliphatic rings. The van der Waals surface area contributed by atoms with Crippen LogP contribution in [0.5, 0.6) is 0 Å². The number of carbonyl (C=O) groups is 1. The molecule has 0 radical (unpaired) electrons. The van der Waals surface area contributed by atoms with Gasteiger partial charge in [0, 0.05) is 19.2 Å². The Labute approximate surface area is 118 Å². The topological polar surface area (TPSA) is 105 Å². The molecule has 3 N–H and O–H groups in total. The van der Waals surface area contributed by atoms with E-state index in [0.717, 1.165) is 0 Å². The van der Waals surface area contributed by atoms with Gasteiger partial charge in [0.05, 0.1) is 24.7 Å². The Morgan fingerprint density at radius 2 is 1.90 bits per heavy atom. The van der Waals surface area contributed by atoms with Crippen molar-refractivity contribution < 1.29 is 23.1 Å². The van der Waals surface area contributed by atoms with Gasteiger partial charge in [-0.1, -0.05) is 0 Å². The van der Waals surface area contributed by atoms with E-state index in [9.17, 15) is 13.2 Å². The first-order chi connectivity index (χ1) is 9.51. The second kappa shape index (κ2) is 7.95. The number of benzene rings is 1. The van der Waals surface area contributed by atoms with E-state index in [0.29, 0.717) is 5.56 Å². The molecule has 0 aliphatic heterocycles. The van der Waals surface area contributed by atoms with Crippen LogP contribution in [0, 0.1) is 0 Å². The van der Waals surface area contributed by atoms with Gasteiger partial charge in [0.1, 0.15) is 0 Å². The number of aliphatic hydroxyl groups excluding tert-OH is 1. The van der Waals surface area contributed by atoms with E-state index in [1.807, 2.05) is 0 Å². The van der Waals surface area contributed by atoms with Crippen molar-refractivity contribution in [2.75, 3.05) is 33.4 Å². The molecule has 0 aliphatic carbocycles. The van der Waals surface area contributed by atoms with Crippen molar-refractivity contribution in [1.82, 2.24) is 10.0 Å². The zero-order valence-corrected chi connectivity index (χ0v) is 11.9. The molecule has 0 bridgehead atoms. The third-order valence-corrected chi connectivity index (χ3v) is 3.90. The fourth-order valence-electron chi connectivity index (χ4n) is 1.43. The van der Waals surface area contributed by atoms with Crippen molar-refractivity contribution in [3.05, 3.63) is 29.8 Å². The molecule has 0 saturated heterocycles. The normalized spacial score (nSPS) is 11.3. The number of sulfonamides is 1. The first-order valence-electron chi connectivity index (χ1n) is 6.01. The van der Waals surface area contributed by atoms with E-state index in [1.54, 1.807) is 0 Å². The number of carbonyl (C=O) groups excluding carboxylic acids is 1. The van der Waals surface area contributed by atoms with Crippen LogP contribution in [0.15, 0.2) is 29.2 Å². The minimum Gasteiger partial charge on any atom is -0.394 e. The highest BCUT2D eigenvalue weighted by atomic mass is 32.2. The maximum Gasteiger partial charge on any atom is 0.251 e. The summed E-state index contributed by atoms with van der Waals surface area (Å²) in [6.45, 7) is 0.353. The molecule has 0 aromatic heterocycles. The summed E-state index contributed by atoms with van der Waals surface area (Å²) in [6.07, 6.45) is 0. The van der Waals surface area contributed by atoms with Crippen LogP contribution >= 0.6 is 0 Å². The molecule has 0 atom stereocenters. The van der Waals surface area contributed by atoms with Crippen molar-refractivity contribution in [2.45, 2.75) is 4.90 Å². The molecular formula is C12H18N2O5S. The summed E-state index contributed by atoms with van der Waals surface area (Å²) < 4.78 is 31.1. The van der Waals surface area contributed by atoms with Crippen LogP contribution in [0.25, 0.3) is 0 Å². The highest BCUT2D eigenvalue weighted by Crippen LogP contribution is 2.10. The maximum absolute atomic E-state index is 11.9. The van der Waals surface area contributed by atoms with E-state index >= 15 is 0 Å². The first kappa shape index (κ1) is 16.6. The first-order valence-corrected chi connectivity index (χ1v) is 7.50. The number of hydrogen-bond acceptors (Lipinski definition) is 5. The standard InChI is InChI=1S/C12H18N2O5S/c1-13-12(16)10-2-4-11(5-3-10)20(17,18)14-6-8-19-9-7-15/h2-5,14-15H,6-9H2,1H3,(H,13,16). The number of aliphatic hydroxyl groups is 1. The molecule has 8 heteroatoms. The largest absolute Gasteiger partial charge is 0.394 e. The number of nitrogens with one attached hydrogen (secondary N) is 2. The lowest BCUT2D eigenvalue weighted by molar-refractivity contribution is 0.0961. The van der Waals surface area contributed by atoms with Crippen LogP contribution < -0.4 is 10.0 Å². The van der Waals surface area contributed by atoms with Crippen LogP contribution in [0.4, 0.5) is 0 Å². The minimum absolute atomic E-state index is 0.0762. The molecule has 0 saturated carbocycles. The molecule has 1 aromatic carbocycles. The fraction of sp³-hybridized carbons (Fsp3) is 0.417. The summed E-state index contributed by atoms with van der Waals surface area (Å²) in [6, 6.07) is 5.61. The highest BCUT2D eigenvalue weighted by Gasteiger charge is 2.14. The molecule has 1 aromatic rings. The average Bonchev–Trinajstić information content (AvgIpc) is 2.46. The number of amides is 1. The summed E-state index contributed by atoms with van der Waals surface area (Å²) in [5.41, 5.74) is 0.387. The monoisotopic (exact) mass is 302 g/mol. The molecule has 0 spiro atoms. The van der Waals surface area contributed by atoms with E-state index in [4.69, 9.17) is 9.84 Å². The Bertz CT molecular complexity index is 527. The second-order valence-electron chi connectivity index (χ2n) is 3.84. The Morgan fingerprint density at radius 1 is 1.25 bits per heavy atom. The lowest BCUT2D eigenvalue weighted by Crippen LogP contribution is -2.28. The van der Waals surface area contributed by atoms with Crippen molar-refractivity contribution >= 4 is 15.9 Å². The summed E-state index contributed by atoms with van der Waals surface area (Å²) in [5, 5.41) is 11.0. The lowest BCUT2D eigenvalue weighted by Gasteiger charge is -2.07. The van der Waals surface area contributed by atoms with E-state index in [2.05, 4.69) is 10.0 Å². The van der Waals surface area contributed by atoms with Gasteiger partial charge in [-0.2, -0.15) is 0 Å². The lowest BCUT2D eigenvalue weighted by atomic mass is 10.2. The Hall–Kier alpha value is -1.48. The van der Waals surface area contributed by atoms with E-state index < -0.39 is 10.0 Å². The van der Waals surface area contributed by atoms with E-state index in [1.165, 1.54) is 31.3 Å². The van der Waals surface area contributed by atoms with Crippen molar-refractivity contribution in [1.29, 1.82) is 0 Å². The highest BCUT2D eigenvalue weighted by molar-refractivity contribution is 7.89. The smallest absolute Gasteiger partial charge is 0.251 e. The van der Waals surface area contributed by atoms with Crippen molar-refractivity contribution in [3.8, 4) is 0 Å². The van der Waals surface area contributed by atoms with Gasteiger partial charge in [-0.3, -0.25) is 4.79 Å². The van der Waals surface area contributed by atoms with Crippen molar-refractivity contribution in [3.63, 3.8) is 0 Å². The van der Waals surface area contributed by atoms with Crippen LogP contribution in [0.2, 0.25) is 0 Å². The third-order valence-electron chi connectivity index (χ3n) is 2.43. The molecule has 0 heterocycles. The predicted molar refractivity (Wildman–Crippen MR) is 72.9 cm³/mol. The third kappa shape index (κ3) is 4.89. The average molecular weight is 302 g/mol. The van der Waals surface area contributed by atoms with Gasteiger partial charge in [0.25, 0.3) is 5.91 Å². The number of ether oxygens (including phenoxy) is 1. The number of rotatable bonds is 8. The number of hydrogen-bond donors (Lipinski definition) is 3. The molecule has 0 unspecified atom stereocenters. The van der Waals surface area contributed by atoms with Gasteiger partial charge < -0.3 is 15.2 Å². The Kier molecular flexibility index (Phi) is 6.59. The van der Waals surface area contributed by atoms with Crippen LogP contribution in [0.3, 0.4) is 0 Å². The summed E-state index contributed by atoms with van der Waals surface area (Å²) in [5.74, 6) is -0.278. The van der Waals surface area contributed by atoms with Crippen LogP contribution in [-0.4, -0.2) is 52.8 Å². The van der Waals surface area contributed by atoms with Gasteiger partial charge in [0.2, 0.25) is 10.0 Å². The van der Waals surface area contributed by atoms with E-state index in [-0.39, 0.29) is 37.2 Å². The van der Waals surface area contributed by atoms with Gasteiger partial charge >= 0.3 is 0 Å². The van der Waals surface area contributed by atoms with Gasteiger partial charge in [0.15, 0.2) is 0 Å². The summed E-state index contributed by atoms with van der Waals surface area (Å²) in [4.78, 5) is 11.4. The molecule has 1 rings (SSSR count). The molecule has 112 valence electrons. The van der Waals surface area contributed by atoms with Gasteiger partial charge in [-0.15, -0.1) is 0 Å². The van der Waals surface area contributed by atoms with Gasteiger partial charge in [-0.05, 0) is 24.3 Å². The van der Waals surface area contributed by atoms with Crippen LogP contribution in [-0.2, 0) is 14.8 Å². The Balaban J connectivity index is 2.61. The molecular weight excluding hydrogens is 284 g/mol. The molecule has 0 fully saturated rings. The molecule has 1 amide bonds. The fourth-order valence-corrected chi connectivity index (χ4v) is 2.44. The zero-order valence-electron chi connectivity index (χ0n) is 11.1. The molecule has 20 heavy (non-hydrogen) atoms. The van der Waals surface area contributed by atoms with Gasteiger partial charge in [-0.25, -0.2) is 13.1 Å². The SMILES string of the molecule is CNC(=O)c1ccc(S(=O)(=O)NCCOCCO)cc1. The zero-order chi connectivity index (χ0) is 15.0.